The molecule has 1 fully saturated rings. The van der Waals surface area contributed by atoms with Crippen LogP contribution in [0.4, 0.5) is 11.4 Å². The Morgan fingerprint density at radius 1 is 1.53 bits per heavy atom. The molecule has 1 atom stereocenters. The van der Waals surface area contributed by atoms with Gasteiger partial charge in [0.1, 0.15) is 6.04 Å². The van der Waals surface area contributed by atoms with E-state index < -0.39 is 0 Å². The summed E-state index contributed by atoms with van der Waals surface area (Å²) >= 11 is 0. The van der Waals surface area contributed by atoms with Crippen molar-refractivity contribution in [3.63, 3.8) is 0 Å². The number of likely N-dealkylation sites (N-methyl/N-ethyl adjacent to an activating group) is 1. The average Bonchev–Trinajstić information content (AvgIpc) is 2.80. The first-order valence-corrected chi connectivity index (χ1v) is 5.98. The molecule has 1 unspecified atom stereocenters. The smallest absolute Gasteiger partial charge is 0.242 e. The summed E-state index contributed by atoms with van der Waals surface area (Å²) in [6.45, 7) is 2.92. The van der Waals surface area contributed by atoms with Crippen molar-refractivity contribution < 1.29 is 4.79 Å². The van der Waals surface area contributed by atoms with Crippen LogP contribution in [0.1, 0.15) is 18.4 Å². The van der Waals surface area contributed by atoms with E-state index in [-0.39, 0.29) is 11.9 Å². The van der Waals surface area contributed by atoms with Gasteiger partial charge in [-0.15, -0.1) is 0 Å². The average molecular weight is 233 g/mol. The molecule has 4 nitrogen and oxygen atoms in total. The number of hydrogen-bond acceptors (Lipinski definition) is 3. The van der Waals surface area contributed by atoms with Crippen molar-refractivity contribution in [1.82, 2.24) is 5.32 Å². The predicted octanol–water partition coefficient (Wildman–Crippen LogP) is 1.29. The topological polar surface area (TPSA) is 58.4 Å². The third kappa shape index (κ3) is 2.20. The maximum absolute atomic E-state index is 11.8. The second-order valence-corrected chi connectivity index (χ2v) is 4.51. The number of aryl methyl sites for hydroxylation is 1. The van der Waals surface area contributed by atoms with Crippen LogP contribution in [0.25, 0.3) is 0 Å². The lowest BCUT2D eigenvalue weighted by molar-refractivity contribution is -0.121. The Balaban J connectivity index is 2.26. The van der Waals surface area contributed by atoms with Gasteiger partial charge < -0.3 is 16.0 Å². The number of nitrogens with two attached hydrogens (primary N) is 1. The van der Waals surface area contributed by atoms with Gasteiger partial charge in [-0.25, -0.2) is 0 Å². The van der Waals surface area contributed by atoms with Crippen molar-refractivity contribution in [1.29, 1.82) is 0 Å². The molecule has 2 rings (SSSR count). The SMILES string of the molecule is CNC(=O)C1CCCN1c1ccc(N)c(C)c1. The molecular formula is C13H19N3O. The predicted molar refractivity (Wildman–Crippen MR) is 70.0 cm³/mol. The zero-order chi connectivity index (χ0) is 12.4. The van der Waals surface area contributed by atoms with Gasteiger partial charge in [0.2, 0.25) is 5.91 Å². The van der Waals surface area contributed by atoms with Gasteiger partial charge in [0.25, 0.3) is 0 Å². The Hall–Kier alpha value is -1.71. The second kappa shape index (κ2) is 4.65. The quantitative estimate of drug-likeness (QED) is 0.757. The summed E-state index contributed by atoms with van der Waals surface area (Å²) in [6, 6.07) is 5.91. The van der Waals surface area contributed by atoms with Crippen LogP contribution in [-0.2, 0) is 4.79 Å². The molecule has 0 radical (unpaired) electrons. The van der Waals surface area contributed by atoms with Gasteiger partial charge in [-0.1, -0.05) is 0 Å². The number of nitrogens with one attached hydrogen (secondary N) is 1. The van der Waals surface area contributed by atoms with Crippen LogP contribution in [0.15, 0.2) is 18.2 Å². The fourth-order valence-electron chi connectivity index (χ4n) is 2.35. The lowest BCUT2D eigenvalue weighted by Crippen LogP contribution is -2.42. The standard InChI is InChI=1S/C13H19N3O/c1-9-8-10(5-6-11(9)14)16-7-3-4-12(16)13(17)15-2/h5-6,8,12H,3-4,7,14H2,1-2H3,(H,15,17). The number of carbonyl (C=O) groups excluding carboxylic acids is 1. The van der Waals surface area contributed by atoms with Gasteiger partial charge in [0.05, 0.1) is 0 Å². The van der Waals surface area contributed by atoms with Crippen molar-refractivity contribution >= 4 is 17.3 Å². The summed E-state index contributed by atoms with van der Waals surface area (Å²) in [5.41, 5.74) is 8.75. The third-order valence-corrected chi connectivity index (χ3v) is 3.39. The minimum Gasteiger partial charge on any atom is -0.399 e. The Bertz CT molecular complexity index is 431. The van der Waals surface area contributed by atoms with E-state index >= 15 is 0 Å². The summed E-state index contributed by atoms with van der Waals surface area (Å²) < 4.78 is 0. The van der Waals surface area contributed by atoms with Crippen LogP contribution >= 0.6 is 0 Å². The van der Waals surface area contributed by atoms with Crippen LogP contribution in [0.2, 0.25) is 0 Å². The molecule has 0 saturated carbocycles. The number of hydrogen-bond donors (Lipinski definition) is 2. The van der Waals surface area contributed by atoms with E-state index in [0.29, 0.717) is 0 Å². The molecule has 1 heterocycles. The molecule has 0 aliphatic carbocycles. The molecule has 17 heavy (non-hydrogen) atoms. The van der Waals surface area contributed by atoms with Crippen molar-refractivity contribution in [3.05, 3.63) is 23.8 Å². The van der Waals surface area contributed by atoms with Crippen LogP contribution in [0, 0.1) is 6.92 Å². The fourth-order valence-corrected chi connectivity index (χ4v) is 2.35. The molecule has 1 aromatic carbocycles. The molecule has 0 bridgehead atoms. The first-order valence-electron chi connectivity index (χ1n) is 5.98. The first kappa shape index (κ1) is 11.8. The summed E-state index contributed by atoms with van der Waals surface area (Å²) in [7, 11) is 1.69. The summed E-state index contributed by atoms with van der Waals surface area (Å²) in [6.07, 6.45) is 1.98. The number of nitrogens with zero attached hydrogens (tertiary/aromatic N) is 1. The maximum atomic E-state index is 11.8. The van der Waals surface area contributed by atoms with Gasteiger partial charge in [-0.05, 0) is 43.5 Å². The molecule has 1 saturated heterocycles. The molecular weight excluding hydrogens is 214 g/mol. The highest BCUT2D eigenvalue weighted by Crippen LogP contribution is 2.28. The van der Waals surface area contributed by atoms with E-state index in [2.05, 4.69) is 16.3 Å². The monoisotopic (exact) mass is 233 g/mol. The van der Waals surface area contributed by atoms with Crippen molar-refractivity contribution in [2.24, 2.45) is 0 Å². The largest absolute Gasteiger partial charge is 0.399 e. The number of rotatable bonds is 2. The van der Waals surface area contributed by atoms with Crippen molar-refractivity contribution in [3.8, 4) is 0 Å². The van der Waals surface area contributed by atoms with Gasteiger partial charge in [0.15, 0.2) is 0 Å². The van der Waals surface area contributed by atoms with E-state index in [4.69, 9.17) is 5.73 Å². The minimum absolute atomic E-state index is 0.0389. The molecule has 92 valence electrons. The van der Waals surface area contributed by atoms with E-state index in [9.17, 15) is 4.79 Å². The highest BCUT2D eigenvalue weighted by Gasteiger charge is 2.30. The highest BCUT2D eigenvalue weighted by atomic mass is 16.2. The number of benzene rings is 1. The number of nitrogen functional groups attached to an aromatic ring is 1. The van der Waals surface area contributed by atoms with E-state index in [1.54, 1.807) is 7.05 Å². The highest BCUT2D eigenvalue weighted by molar-refractivity contribution is 5.85. The summed E-state index contributed by atoms with van der Waals surface area (Å²) in [4.78, 5) is 13.9. The number of amides is 1. The van der Waals surface area contributed by atoms with Crippen molar-refractivity contribution in [2.75, 3.05) is 24.2 Å². The zero-order valence-corrected chi connectivity index (χ0v) is 10.4. The van der Waals surface area contributed by atoms with E-state index in [0.717, 1.165) is 36.3 Å². The second-order valence-electron chi connectivity index (χ2n) is 4.51. The number of carbonyl (C=O) groups is 1. The van der Waals surface area contributed by atoms with Crippen LogP contribution in [0.3, 0.4) is 0 Å². The molecule has 1 aliphatic heterocycles. The molecule has 0 spiro atoms. The zero-order valence-electron chi connectivity index (χ0n) is 10.4. The minimum atomic E-state index is -0.0389. The molecule has 1 aromatic rings. The Labute approximate surface area is 102 Å². The van der Waals surface area contributed by atoms with Crippen molar-refractivity contribution in [2.45, 2.75) is 25.8 Å². The third-order valence-electron chi connectivity index (χ3n) is 3.39. The van der Waals surface area contributed by atoms with E-state index in [1.165, 1.54) is 0 Å². The lowest BCUT2D eigenvalue weighted by atomic mass is 10.1. The molecule has 1 amide bonds. The molecule has 0 aromatic heterocycles. The first-order chi connectivity index (χ1) is 8.13. The lowest BCUT2D eigenvalue weighted by Gasteiger charge is -2.26. The van der Waals surface area contributed by atoms with E-state index in [1.807, 2.05) is 19.1 Å². The van der Waals surface area contributed by atoms with Crippen LogP contribution in [0.5, 0.6) is 0 Å². The van der Waals surface area contributed by atoms with Gasteiger partial charge >= 0.3 is 0 Å². The maximum Gasteiger partial charge on any atom is 0.242 e. The Morgan fingerprint density at radius 2 is 2.29 bits per heavy atom. The summed E-state index contributed by atoms with van der Waals surface area (Å²) in [5, 5.41) is 2.73. The fraction of sp³-hybridized carbons (Fsp3) is 0.462. The van der Waals surface area contributed by atoms with Crippen LogP contribution in [-0.4, -0.2) is 25.5 Å². The van der Waals surface area contributed by atoms with Gasteiger partial charge in [-0.3, -0.25) is 4.79 Å². The van der Waals surface area contributed by atoms with Crippen LogP contribution < -0.4 is 16.0 Å². The Kier molecular flexibility index (Phi) is 3.22. The van der Waals surface area contributed by atoms with Gasteiger partial charge in [0, 0.05) is 25.0 Å². The molecule has 1 aliphatic rings. The van der Waals surface area contributed by atoms with Gasteiger partial charge in [-0.2, -0.15) is 0 Å². The molecule has 4 heteroatoms. The Morgan fingerprint density at radius 3 is 2.94 bits per heavy atom. The summed E-state index contributed by atoms with van der Waals surface area (Å²) in [5.74, 6) is 0.0944. The number of anilines is 2. The normalized spacial score (nSPS) is 19.4. The molecule has 3 N–H and O–H groups in total.